The van der Waals surface area contributed by atoms with Crippen molar-refractivity contribution in [2.24, 2.45) is 35.3 Å². The minimum absolute atomic E-state index is 0.0197. The molecule has 0 aromatic carbocycles. The van der Waals surface area contributed by atoms with E-state index >= 15 is 0 Å². The van der Waals surface area contributed by atoms with Gasteiger partial charge in [0, 0.05) is 13.1 Å². The molecule has 0 aromatic heterocycles. The van der Waals surface area contributed by atoms with E-state index in [0.29, 0.717) is 17.8 Å². The molecule has 0 radical (unpaired) electrons. The highest BCUT2D eigenvalue weighted by Gasteiger charge is 2.42. The average molecular weight is 405 g/mol. The van der Waals surface area contributed by atoms with Gasteiger partial charge in [-0.15, -0.1) is 0 Å². The second-order valence-corrected chi connectivity index (χ2v) is 10.4. The Bertz CT molecular complexity index is 555. The molecule has 0 bridgehead atoms. The van der Waals surface area contributed by atoms with Crippen molar-refractivity contribution in [1.82, 2.24) is 10.2 Å². The number of likely N-dealkylation sites (tertiary alicyclic amines) is 1. The van der Waals surface area contributed by atoms with Gasteiger partial charge in [-0.3, -0.25) is 4.79 Å². The summed E-state index contributed by atoms with van der Waals surface area (Å²) in [4.78, 5) is 15.3. The van der Waals surface area contributed by atoms with Crippen molar-refractivity contribution in [3.8, 4) is 0 Å². The summed E-state index contributed by atoms with van der Waals surface area (Å²) in [6.45, 7) is 3.53. The maximum atomic E-state index is 13.2. The molecule has 0 spiro atoms. The first-order chi connectivity index (χ1) is 14.0. The number of piperidine rings is 2. The first kappa shape index (κ1) is 21.6. The minimum atomic E-state index is -1.21. The van der Waals surface area contributed by atoms with Gasteiger partial charge in [0.05, 0.1) is 6.04 Å². The predicted molar refractivity (Wildman–Crippen MR) is 115 cm³/mol. The van der Waals surface area contributed by atoms with Crippen LogP contribution in [0, 0.1) is 29.6 Å². The molecule has 4 rings (SSSR count). The molecule has 6 atom stereocenters. The number of nitrogens with two attached hydrogens (primary N) is 1. The van der Waals surface area contributed by atoms with Crippen LogP contribution in [-0.4, -0.2) is 60.2 Å². The van der Waals surface area contributed by atoms with Crippen molar-refractivity contribution in [1.29, 1.82) is 0 Å². The van der Waals surface area contributed by atoms with Crippen LogP contribution < -0.4 is 11.1 Å². The predicted octanol–water partition coefficient (Wildman–Crippen LogP) is 1.61. The third kappa shape index (κ3) is 5.00. The molecule has 2 heterocycles. The highest BCUT2D eigenvalue weighted by Crippen LogP contribution is 2.42. The molecular formula is C22H40BN3O3. The fraction of sp³-hybridized carbons (Fsp3) is 0.955. The average Bonchev–Trinajstić information content (AvgIpc) is 2.78. The first-order valence-electron chi connectivity index (χ1n) is 12.1. The Hall–Kier alpha value is -0.625. The second kappa shape index (κ2) is 9.67. The van der Waals surface area contributed by atoms with Crippen LogP contribution in [0.25, 0.3) is 0 Å². The maximum Gasteiger partial charge on any atom is 0.454 e. The molecule has 1 amide bonds. The Balaban J connectivity index is 1.26. The van der Waals surface area contributed by atoms with E-state index in [1.807, 2.05) is 0 Å². The summed E-state index contributed by atoms with van der Waals surface area (Å²) in [6.07, 6.45) is 11.2. The van der Waals surface area contributed by atoms with Gasteiger partial charge in [-0.2, -0.15) is 0 Å². The number of carbonyl (C=O) groups excluding carboxylic acids is 1. The van der Waals surface area contributed by atoms with Crippen molar-refractivity contribution in [2.45, 2.75) is 76.1 Å². The molecule has 0 aromatic rings. The van der Waals surface area contributed by atoms with Crippen LogP contribution in [0.1, 0.15) is 64.2 Å². The molecule has 2 aliphatic heterocycles. The van der Waals surface area contributed by atoms with E-state index in [1.165, 1.54) is 25.7 Å². The molecule has 4 aliphatic rings. The minimum Gasteiger partial charge on any atom is -0.427 e. The number of nitrogens with zero attached hydrogens (tertiary/aromatic N) is 1. The molecule has 164 valence electrons. The highest BCUT2D eigenvalue weighted by atomic mass is 16.4. The maximum absolute atomic E-state index is 13.2. The van der Waals surface area contributed by atoms with Crippen molar-refractivity contribution >= 4 is 13.0 Å². The van der Waals surface area contributed by atoms with Crippen LogP contribution in [0.2, 0.25) is 5.82 Å². The third-order valence-corrected chi connectivity index (χ3v) is 8.74. The fourth-order valence-corrected chi connectivity index (χ4v) is 6.85. The van der Waals surface area contributed by atoms with Gasteiger partial charge in [0.15, 0.2) is 0 Å². The van der Waals surface area contributed by atoms with E-state index in [2.05, 4.69) is 10.2 Å². The molecule has 5 N–H and O–H groups in total. The number of hydrogen-bond acceptors (Lipinski definition) is 5. The summed E-state index contributed by atoms with van der Waals surface area (Å²) in [5, 5.41) is 22.7. The van der Waals surface area contributed by atoms with Crippen molar-refractivity contribution in [3.05, 3.63) is 0 Å². The Morgan fingerprint density at radius 1 is 0.931 bits per heavy atom. The summed E-state index contributed by atoms with van der Waals surface area (Å²) < 4.78 is 0. The molecule has 6 unspecified atom stereocenters. The lowest BCUT2D eigenvalue weighted by Gasteiger charge is -2.44. The van der Waals surface area contributed by atoms with Crippen LogP contribution in [-0.2, 0) is 4.79 Å². The molecule has 2 saturated carbocycles. The largest absolute Gasteiger partial charge is 0.454 e. The number of hydrogen-bond donors (Lipinski definition) is 4. The smallest absolute Gasteiger partial charge is 0.427 e. The fourth-order valence-electron chi connectivity index (χ4n) is 6.85. The topological polar surface area (TPSA) is 98.8 Å². The number of rotatable bonds is 4. The van der Waals surface area contributed by atoms with Crippen molar-refractivity contribution in [3.63, 3.8) is 0 Å². The van der Waals surface area contributed by atoms with Gasteiger partial charge in [-0.25, -0.2) is 0 Å². The summed E-state index contributed by atoms with van der Waals surface area (Å²) in [6, 6.07) is -0.0845. The monoisotopic (exact) mass is 405 g/mol. The SMILES string of the molecule is NCC1CCCC(C2CCN(C(=O)C3CC4CC(B(O)O)CCC4CN3)CC2)C1. The van der Waals surface area contributed by atoms with Gasteiger partial charge < -0.3 is 26.0 Å². The summed E-state index contributed by atoms with van der Waals surface area (Å²) in [5.74, 6) is 3.57. The molecule has 29 heavy (non-hydrogen) atoms. The van der Waals surface area contributed by atoms with Gasteiger partial charge in [0.2, 0.25) is 5.91 Å². The lowest BCUT2D eigenvalue weighted by atomic mass is 9.58. The number of nitrogens with one attached hydrogen (secondary N) is 1. The van der Waals surface area contributed by atoms with Crippen LogP contribution >= 0.6 is 0 Å². The number of amides is 1. The van der Waals surface area contributed by atoms with Crippen LogP contribution in [0.5, 0.6) is 0 Å². The van der Waals surface area contributed by atoms with Gasteiger partial charge in [0.1, 0.15) is 0 Å². The Morgan fingerprint density at radius 3 is 2.45 bits per heavy atom. The molecule has 2 aliphatic carbocycles. The van der Waals surface area contributed by atoms with Crippen LogP contribution in [0.4, 0.5) is 0 Å². The summed E-state index contributed by atoms with van der Waals surface area (Å²) in [5.41, 5.74) is 5.92. The Labute approximate surface area is 176 Å². The van der Waals surface area contributed by atoms with E-state index in [4.69, 9.17) is 5.73 Å². The standard InChI is InChI=1S/C22H40BN3O3/c24-13-15-2-1-3-17(10-15)16-6-8-26(9-7-16)22(27)21-12-19-11-20(23(28)29)5-4-18(19)14-25-21/h15-21,25,28-29H,1-14,24H2. The Kier molecular flexibility index (Phi) is 7.20. The second-order valence-electron chi connectivity index (χ2n) is 10.4. The van der Waals surface area contributed by atoms with Gasteiger partial charge in [-0.05, 0) is 93.4 Å². The van der Waals surface area contributed by atoms with E-state index in [1.54, 1.807) is 0 Å². The number of fused-ring (bicyclic) bond motifs is 1. The van der Waals surface area contributed by atoms with Gasteiger partial charge in [-0.1, -0.05) is 19.3 Å². The summed E-state index contributed by atoms with van der Waals surface area (Å²) >= 11 is 0. The van der Waals surface area contributed by atoms with Crippen LogP contribution in [0.15, 0.2) is 0 Å². The zero-order chi connectivity index (χ0) is 20.4. The normalized spacial score (nSPS) is 39.1. The zero-order valence-electron chi connectivity index (χ0n) is 17.8. The molecule has 4 fully saturated rings. The summed E-state index contributed by atoms with van der Waals surface area (Å²) in [7, 11) is -1.21. The molecule has 2 saturated heterocycles. The van der Waals surface area contributed by atoms with Gasteiger partial charge in [0.25, 0.3) is 0 Å². The van der Waals surface area contributed by atoms with Gasteiger partial charge >= 0.3 is 7.12 Å². The van der Waals surface area contributed by atoms with E-state index in [9.17, 15) is 14.8 Å². The van der Waals surface area contributed by atoms with E-state index < -0.39 is 7.12 Å². The zero-order valence-corrected chi connectivity index (χ0v) is 17.8. The van der Waals surface area contributed by atoms with Crippen molar-refractivity contribution in [2.75, 3.05) is 26.2 Å². The third-order valence-electron chi connectivity index (χ3n) is 8.74. The molecular weight excluding hydrogens is 365 g/mol. The Morgan fingerprint density at radius 2 is 1.72 bits per heavy atom. The lowest BCUT2D eigenvalue weighted by molar-refractivity contribution is -0.136. The molecule has 6 nitrogen and oxygen atoms in total. The van der Waals surface area contributed by atoms with E-state index in [0.717, 1.165) is 76.5 Å². The quantitative estimate of drug-likeness (QED) is 0.533. The van der Waals surface area contributed by atoms with Crippen LogP contribution in [0.3, 0.4) is 0 Å². The first-order valence-corrected chi connectivity index (χ1v) is 12.1. The van der Waals surface area contributed by atoms with Crippen molar-refractivity contribution < 1.29 is 14.8 Å². The van der Waals surface area contributed by atoms with E-state index in [-0.39, 0.29) is 17.8 Å². The lowest BCUT2D eigenvalue weighted by Crippen LogP contribution is -2.55. The highest BCUT2D eigenvalue weighted by molar-refractivity contribution is 6.43. The molecule has 7 heteroatoms. The number of carbonyl (C=O) groups is 1.